The summed E-state index contributed by atoms with van der Waals surface area (Å²) < 4.78 is 6.62. The van der Waals surface area contributed by atoms with Gasteiger partial charge in [-0.2, -0.15) is 0 Å². The maximum atomic E-state index is 6.62. The van der Waals surface area contributed by atoms with Crippen LogP contribution in [0.15, 0.2) is 162 Å². The lowest BCUT2D eigenvalue weighted by molar-refractivity contribution is 0.666. The van der Waals surface area contributed by atoms with Gasteiger partial charge in [0.2, 0.25) is 0 Å². The van der Waals surface area contributed by atoms with E-state index in [1.54, 1.807) is 0 Å². The molecule has 1 spiro atoms. The van der Waals surface area contributed by atoms with E-state index < -0.39 is 0 Å². The second-order valence-electron chi connectivity index (χ2n) is 12.0. The van der Waals surface area contributed by atoms with Crippen LogP contribution in [-0.4, -0.2) is 0 Å². The first-order valence-electron chi connectivity index (χ1n) is 15.3. The predicted molar refractivity (Wildman–Crippen MR) is 181 cm³/mol. The molecule has 8 aromatic rings. The molecule has 204 valence electrons. The van der Waals surface area contributed by atoms with Gasteiger partial charge in [0.05, 0.1) is 5.41 Å². The first-order valence-corrected chi connectivity index (χ1v) is 15.3. The Morgan fingerprint density at radius 1 is 0.318 bits per heavy atom. The summed E-state index contributed by atoms with van der Waals surface area (Å²) in [5, 5.41) is 2.31. The van der Waals surface area contributed by atoms with Gasteiger partial charge in [0.15, 0.2) is 0 Å². The number of benzene rings is 7. The van der Waals surface area contributed by atoms with Crippen molar-refractivity contribution in [2.45, 2.75) is 5.41 Å². The minimum atomic E-state index is -0.363. The molecule has 10 rings (SSSR count). The van der Waals surface area contributed by atoms with Gasteiger partial charge >= 0.3 is 0 Å². The molecule has 0 saturated heterocycles. The predicted octanol–water partition coefficient (Wildman–Crippen LogP) is 11.3. The molecule has 0 aliphatic heterocycles. The Labute approximate surface area is 255 Å². The van der Waals surface area contributed by atoms with Gasteiger partial charge in [-0.1, -0.05) is 133 Å². The monoisotopic (exact) mass is 558 g/mol. The van der Waals surface area contributed by atoms with Crippen molar-refractivity contribution in [3.63, 3.8) is 0 Å². The highest BCUT2D eigenvalue weighted by atomic mass is 16.3. The Bertz CT molecular complexity index is 2380. The van der Waals surface area contributed by atoms with E-state index in [0.717, 1.165) is 21.9 Å². The molecule has 2 aliphatic carbocycles. The van der Waals surface area contributed by atoms with E-state index in [1.807, 2.05) is 0 Å². The first-order chi connectivity index (χ1) is 21.8. The smallest absolute Gasteiger partial charge is 0.135 e. The summed E-state index contributed by atoms with van der Waals surface area (Å²) >= 11 is 0. The van der Waals surface area contributed by atoms with Crippen molar-refractivity contribution in [3.05, 3.63) is 180 Å². The maximum Gasteiger partial charge on any atom is 0.135 e. The van der Waals surface area contributed by atoms with Gasteiger partial charge in [0.1, 0.15) is 11.2 Å². The summed E-state index contributed by atoms with van der Waals surface area (Å²) in [4.78, 5) is 0. The lowest BCUT2D eigenvalue weighted by atomic mass is 9.70. The highest BCUT2D eigenvalue weighted by Gasteiger charge is 2.51. The average Bonchev–Trinajstić information content (AvgIpc) is 3.71. The zero-order valence-electron chi connectivity index (χ0n) is 23.9. The highest BCUT2D eigenvalue weighted by molar-refractivity contribution is 6.10. The third-order valence-corrected chi connectivity index (χ3v) is 9.91. The SMILES string of the molecule is c1ccc(-c2ccc(-c3ccc4oc5cc6c(cc5c4c3)-c3ccccc3C63c4ccccc4-c4ccccc43)cc2)cc1. The van der Waals surface area contributed by atoms with Crippen molar-refractivity contribution in [1.82, 2.24) is 0 Å². The summed E-state index contributed by atoms with van der Waals surface area (Å²) in [5.41, 5.74) is 16.9. The molecule has 1 heterocycles. The van der Waals surface area contributed by atoms with Crippen LogP contribution in [0, 0.1) is 0 Å². The van der Waals surface area contributed by atoms with Crippen LogP contribution in [0.1, 0.15) is 22.3 Å². The van der Waals surface area contributed by atoms with Crippen molar-refractivity contribution >= 4 is 21.9 Å². The maximum absolute atomic E-state index is 6.62. The molecule has 0 saturated carbocycles. The van der Waals surface area contributed by atoms with Crippen LogP contribution in [0.3, 0.4) is 0 Å². The fraction of sp³-hybridized carbons (Fsp3) is 0.0233. The van der Waals surface area contributed by atoms with Gasteiger partial charge in [0, 0.05) is 10.8 Å². The van der Waals surface area contributed by atoms with Gasteiger partial charge in [0.25, 0.3) is 0 Å². The van der Waals surface area contributed by atoms with Crippen LogP contribution in [0.25, 0.3) is 66.4 Å². The fourth-order valence-corrected chi connectivity index (χ4v) is 8.03. The molecule has 2 aliphatic rings. The normalized spacial score (nSPS) is 13.6. The van der Waals surface area contributed by atoms with E-state index in [4.69, 9.17) is 4.42 Å². The van der Waals surface area contributed by atoms with E-state index >= 15 is 0 Å². The van der Waals surface area contributed by atoms with Gasteiger partial charge in [-0.15, -0.1) is 0 Å². The Morgan fingerprint density at radius 2 is 0.795 bits per heavy atom. The molecule has 0 amide bonds. The number of hydrogen-bond donors (Lipinski definition) is 0. The Hall–Kier alpha value is -5.66. The van der Waals surface area contributed by atoms with Crippen molar-refractivity contribution in [2.75, 3.05) is 0 Å². The molecule has 1 nitrogen and oxygen atoms in total. The fourth-order valence-electron chi connectivity index (χ4n) is 8.03. The molecule has 44 heavy (non-hydrogen) atoms. The van der Waals surface area contributed by atoms with E-state index in [9.17, 15) is 0 Å². The number of hydrogen-bond acceptors (Lipinski definition) is 1. The summed E-state index contributed by atoms with van der Waals surface area (Å²) in [6, 6.07) is 57.6. The third-order valence-electron chi connectivity index (χ3n) is 9.91. The van der Waals surface area contributed by atoms with Crippen LogP contribution in [0.2, 0.25) is 0 Å². The Balaban J connectivity index is 1.19. The molecular formula is C43H26O. The van der Waals surface area contributed by atoms with Gasteiger partial charge in [-0.05, 0) is 91.0 Å². The third kappa shape index (κ3) is 3.03. The minimum Gasteiger partial charge on any atom is -0.456 e. The van der Waals surface area contributed by atoms with Crippen LogP contribution in [0.5, 0.6) is 0 Å². The topological polar surface area (TPSA) is 13.1 Å². The standard InChI is InChI=1S/C43H26O/c1-2-10-27(11-3-1)28-18-20-29(21-19-28)30-22-23-41-35(24-30)36-25-34-33-14-6-9-17-39(33)43(40(34)26-42(36)44-41)37-15-7-4-12-31(37)32-13-5-8-16-38(32)43/h1-26H. The summed E-state index contributed by atoms with van der Waals surface area (Å²) in [7, 11) is 0. The van der Waals surface area contributed by atoms with Crippen LogP contribution in [-0.2, 0) is 5.41 Å². The molecule has 0 atom stereocenters. The van der Waals surface area contributed by atoms with Crippen LogP contribution < -0.4 is 0 Å². The zero-order chi connectivity index (χ0) is 28.8. The van der Waals surface area contributed by atoms with Gasteiger partial charge < -0.3 is 4.42 Å². The van der Waals surface area contributed by atoms with Gasteiger partial charge in [-0.25, -0.2) is 0 Å². The lowest BCUT2D eigenvalue weighted by Crippen LogP contribution is -2.25. The Morgan fingerprint density at radius 3 is 1.43 bits per heavy atom. The van der Waals surface area contributed by atoms with Crippen molar-refractivity contribution in [1.29, 1.82) is 0 Å². The highest BCUT2D eigenvalue weighted by Crippen LogP contribution is 2.63. The molecule has 7 aromatic carbocycles. The average molecular weight is 559 g/mol. The minimum absolute atomic E-state index is 0.363. The van der Waals surface area contributed by atoms with E-state index in [0.29, 0.717) is 0 Å². The molecule has 0 radical (unpaired) electrons. The van der Waals surface area contributed by atoms with Crippen LogP contribution >= 0.6 is 0 Å². The molecule has 0 bridgehead atoms. The summed E-state index contributed by atoms with van der Waals surface area (Å²) in [6.07, 6.45) is 0. The van der Waals surface area contributed by atoms with E-state index in [-0.39, 0.29) is 5.41 Å². The number of furan rings is 1. The van der Waals surface area contributed by atoms with E-state index in [2.05, 4.69) is 158 Å². The second kappa shape index (κ2) is 8.69. The molecular weight excluding hydrogens is 532 g/mol. The lowest BCUT2D eigenvalue weighted by Gasteiger charge is -2.30. The molecule has 1 aromatic heterocycles. The van der Waals surface area contributed by atoms with Crippen molar-refractivity contribution in [3.8, 4) is 44.5 Å². The number of rotatable bonds is 2. The van der Waals surface area contributed by atoms with E-state index in [1.165, 1.54) is 66.8 Å². The van der Waals surface area contributed by atoms with Crippen molar-refractivity contribution in [2.24, 2.45) is 0 Å². The van der Waals surface area contributed by atoms with Gasteiger partial charge in [-0.3, -0.25) is 0 Å². The molecule has 0 unspecified atom stereocenters. The summed E-state index contributed by atoms with van der Waals surface area (Å²) in [6.45, 7) is 0. The largest absolute Gasteiger partial charge is 0.456 e. The Kier molecular flexibility index (Phi) is 4.71. The summed E-state index contributed by atoms with van der Waals surface area (Å²) in [5.74, 6) is 0. The zero-order valence-corrected chi connectivity index (χ0v) is 23.9. The number of fused-ring (bicyclic) bond motifs is 13. The second-order valence-corrected chi connectivity index (χ2v) is 12.0. The molecule has 1 heteroatoms. The quantitative estimate of drug-likeness (QED) is 0.206. The molecule has 0 N–H and O–H groups in total. The molecule has 0 fully saturated rings. The first kappa shape index (κ1) is 23.9. The van der Waals surface area contributed by atoms with Crippen LogP contribution in [0.4, 0.5) is 0 Å². The van der Waals surface area contributed by atoms with Crippen molar-refractivity contribution < 1.29 is 4.42 Å².